The van der Waals surface area contributed by atoms with Crippen LogP contribution in [0.2, 0.25) is 0 Å². The predicted molar refractivity (Wildman–Crippen MR) is 112 cm³/mol. The molecule has 1 aliphatic heterocycles. The van der Waals surface area contributed by atoms with Gasteiger partial charge in [-0.15, -0.1) is 0 Å². The number of hydrogen-bond acceptors (Lipinski definition) is 3. The van der Waals surface area contributed by atoms with Crippen LogP contribution < -0.4 is 4.90 Å². The van der Waals surface area contributed by atoms with Crippen LogP contribution in [0, 0.1) is 11.6 Å². The second kappa shape index (κ2) is 8.88. The van der Waals surface area contributed by atoms with Crippen LogP contribution in [0.4, 0.5) is 14.5 Å². The largest absolute Gasteiger partial charge is 0.488 e. The lowest BCUT2D eigenvalue weighted by Crippen LogP contribution is -2.26. The third-order valence-electron chi connectivity index (χ3n) is 4.45. The van der Waals surface area contributed by atoms with Crippen molar-refractivity contribution in [2.45, 2.75) is 20.1 Å². The van der Waals surface area contributed by atoms with Crippen LogP contribution in [-0.2, 0) is 17.9 Å². The number of ether oxygens (including phenoxy) is 1. The van der Waals surface area contributed by atoms with E-state index in [0.29, 0.717) is 17.9 Å². The van der Waals surface area contributed by atoms with E-state index < -0.39 is 11.6 Å². The van der Waals surface area contributed by atoms with Crippen LogP contribution in [0.25, 0.3) is 0 Å². The van der Waals surface area contributed by atoms with E-state index in [2.05, 4.69) is 50.0 Å². The van der Waals surface area contributed by atoms with E-state index in [0.717, 1.165) is 28.5 Å². The van der Waals surface area contributed by atoms with Crippen LogP contribution in [0.3, 0.4) is 0 Å². The topological polar surface area (TPSA) is 15.7 Å². The van der Waals surface area contributed by atoms with Crippen molar-refractivity contribution in [2.75, 3.05) is 25.5 Å². The minimum atomic E-state index is -0.604. The van der Waals surface area contributed by atoms with Crippen molar-refractivity contribution in [3.63, 3.8) is 0 Å². The molecule has 0 aromatic heterocycles. The maximum absolute atomic E-state index is 13.8. The zero-order valence-corrected chi connectivity index (χ0v) is 17.8. The summed E-state index contributed by atoms with van der Waals surface area (Å²) in [5, 5.41) is 0. The molecule has 148 valence electrons. The average Bonchev–Trinajstić information content (AvgIpc) is 2.63. The second-order valence-electron chi connectivity index (χ2n) is 7.07. The summed E-state index contributed by atoms with van der Waals surface area (Å²) in [5.74, 6) is -0.545. The molecular weight excluding hydrogens is 426 g/mol. The molecule has 0 atom stereocenters. The maximum Gasteiger partial charge on any atom is 0.133 e. The van der Waals surface area contributed by atoms with Gasteiger partial charge < -0.3 is 14.5 Å². The predicted octanol–water partition coefficient (Wildman–Crippen LogP) is 5.57. The number of nitrogens with zero attached hydrogens (tertiary/aromatic N) is 2. The Morgan fingerprint density at radius 2 is 1.93 bits per heavy atom. The number of anilines is 1. The van der Waals surface area contributed by atoms with E-state index >= 15 is 0 Å². The van der Waals surface area contributed by atoms with E-state index in [4.69, 9.17) is 4.74 Å². The lowest BCUT2D eigenvalue weighted by atomic mass is 10.1. The molecule has 0 N–H and O–H groups in total. The Kier molecular flexibility index (Phi) is 6.52. The third-order valence-corrected chi connectivity index (χ3v) is 5.09. The van der Waals surface area contributed by atoms with E-state index in [1.165, 1.54) is 17.7 Å². The Balaban J connectivity index is 1.73. The standard InChI is InChI=1S/C22H23BrF2N2O/c1-15-9-22(28-14-17-7-8-18(24)11-21(17)25)20(23)13-27(15)19-6-4-5-16(10-19)12-26(2)3/h4-11H,12-14H2,1-3H3. The first-order valence-electron chi connectivity index (χ1n) is 8.98. The molecule has 0 radical (unpaired) electrons. The molecule has 6 heteroatoms. The molecule has 3 rings (SSSR count). The fraction of sp³-hybridized carbons (Fsp3) is 0.273. The lowest BCUT2D eigenvalue weighted by molar-refractivity contribution is 0.204. The number of rotatable bonds is 6. The summed E-state index contributed by atoms with van der Waals surface area (Å²) < 4.78 is 33.5. The molecule has 2 aromatic carbocycles. The summed E-state index contributed by atoms with van der Waals surface area (Å²) in [5.41, 5.74) is 3.69. The van der Waals surface area contributed by atoms with Crippen LogP contribution >= 0.6 is 15.9 Å². The van der Waals surface area contributed by atoms with Gasteiger partial charge in [-0.25, -0.2) is 8.78 Å². The summed E-state index contributed by atoms with van der Waals surface area (Å²) in [6.45, 7) is 3.55. The summed E-state index contributed by atoms with van der Waals surface area (Å²) >= 11 is 3.59. The fourth-order valence-corrected chi connectivity index (χ4v) is 3.56. The molecule has 1 heterocycles. The monoisotopic (exact) mass is 448 g/mol. The molecule has 0 spiro atoms. The molecule has 3 nitrogen and oxygen atoms in total. The average molecular weight is 449 g/mol. The number of halogens is 3. The van der Waals surface area contributed by atoms with Crippen molar-refractivity contribution in [2.24, 2.45) is 0 Å². The van der Waals surface area contributed by atoms with E-state index in [1.807, 2.05) is 27.1 Å². The van der Waals surface area contributed by atoms with Gasteiger partial charge in [-0.3, -0.25) is 0 Å². The van der Waals surface area contributed by atoms with Gasteiger partial charge in [-0.1, -0.05) is 12.1 Å². The summed E-state index contributed by atoms with van der Waals surface area (Å²) in [6, 6.07) is 11.9. The van der Waals surface area contributed by atoms with Gasteiger partial charge in [0.15, 0.2) is 0 Å². The van der Waals surface area contributed by atoms with Gasteiger partial charge >= 0.3 is 0 Å². The molecule has 0 amide bonds. The molecule has 0 unspecified atom stereocenters. The van der Waals surface area contributed by atoms with Gasteiger partial charge in [-0.2, -0.15) is 0 Å². The molecule has 28 heavy (non-hydrogen) atoms. The van der Waals surface area contributed by atoms with Crippen molar-refractivity contribution in [3.8, 4) is 0 Å². The first kappa shape index (κ1) is 20.6. The zero-order chi connectivity index (χ0) is 20.3. The molecule has 0 saturated carbocycles. The number of allylic oxidation sites excluding steroid dienone is 2. The van der Waals surface area contributed by atoms with Gasteiger partial charge in [0.05, 0.1) is 11.0 Å². The summed E-state index contributed by atoms with van der Waals surface area (Å²) in [4.78, 5) is 4.32. The minimum absolute atomic E-state index is 0.0403. The van der Waals surface area contributed by atoms with Crippen LogP contribution in [-0.4, -0.2) is 25.5 Å². The highest BCUT2D eigenvalue weighted by Crippen LogP contribution is 2.31. The van der Waals surface area contributed by atoms with Crippen molar-refractivity contribution < 1.29 is 13.5 Å². The van der Waals surface area contributed by atoms with Crippen LogP contribution in [0.1, 0.15) is 18.1 Å². The molecule has 0 fully saturated rings. The van der Waals surface area contributed by atoms with Crippen molar-refractivity contribution >= 4 is 21.6 Å². The highest BCUT2D eigenvalue weighted by atomic mass is 79.9. The minimum Gasteiger partial charge on any atom is -0.488 e. The molecular formula is C22H23BrF2N2O. The normalized spacial score (nSPS) is 14.5. The Hall–Kier alpha value is -2.18. The SMILES string of the molecule is CC1=CC(OCc2ccc(F)cc2F)=C(Br)CN1c1cccc(CN(C)C)c1. The van der Waals surface area contributed by atoms with Crippen LogP contribution in [0.5, 0.6) is 0 Å². The van der Waals surface area contributed by atoms with Gasteiger partial charge in [0.1, 0.15) is 24.0 Å². The van der Waals surface area contributed by atoms with E-state index in [1.54, 1.807) is 0 Å². The number of benzene rings is 2. The first-order valence-corrected chi connectivity index (χ1v) is 9.77. The first-order chi connectivity index (χ1) is 13.3. The Morgan fingerprint density at radius 1 is 1.14 bits per heavy atom. The maximum atomic E-state index is 13.8. The third kappa shape index (κ3) is 5.00. The smallest absolute Gasteiger partial charge is 0.133 e. The van der Waals surface area contributed by atoms with Gasteiger partial charge in [0.2, 0.25) is 0 Å². The van der Waals surface area contributed by atoms with Crippen molar-refractivity contribution in [1.29, 1.82) is 0 Å². The molecule has 0 aliphatic carbocycles. The van der Waals surface area contributed by atoms with Crippen molar-refractivity contribution in [3.05, 3.63) is 87.2 Å². The van der Waals surface area contributed by atoms with Crippen LogP contribution in [0.15, 0.2) is 64.5 Å². The number of hydrogen-bond donors (Lipinski definition) is 0. The molecule has 0 bridgehead atoms. The molecule has 2 aromatic rings. The van der Waals surface area contributed by atoms with Gasteiger partial charge in [0.25, 0.3) is 0 Å². The lowest BCUT2D eigenvalue weighted by Gasteiger charge is -2.30. The highest BCUT2D eigenvalue weighted by molar-refractivity contribution is 9.11. The van der Waals surface area contributed by atoms with Gasteiger partial charge in [0, 0.05) is 35.6 Å². The Labute approximate surface area is 173 Å². The van der Waals surface area contributed by atoms with Crippen molar-refractivity contribution in [1.82, 2.24) is 4.90 Å². The highest BCUT2D eigenvalue weighted by Gasteiger charge is 2.19. The van der Waals surface area contributed by atoms with E-state index in [-0.39, 0.29) is 6.61 Å². The second-order valence-corrected chi connectivity index (χ2v) is 8.03. The summed E-state index contributed by atoms with van der Waals surface area (Å²) in [7, 11) is 4.09. The molecule has 1 aliphatic rings. The fourth-order valence-electron chi connectivity index (χ4n) is 3.08. The Bertz CT molecular complexity index is 925. The Morgan fingerprint density at radius 3 is 2.64 bits per heavy atom. The van der Waals surface area contributed by atoms with E-state index in [9.17, 15) is 8.78 Å². The zero-order valence-electron chi connectivity index (χ0n) is 16.2. The molecule has 0 saturated heterocycles. The quantitative estimate of drug-likeness (QED) is 0.573. The summed E-state index contributed by atoms with van der Waals surface area (Å²) in [6.07, 6.45) is 1.92. The van der Waals surface area contributed by atoms with Gasteiger partial charge in [-0.05, 0) is 66.8 Å².